The van der Waals surface area contributed by atoms with Crippen molar-refractivity contribution in [2.45, 2.75) is 44.8 Å². The molecule has 0 aromatic carbocycles. The second kappa shape index (κ2) is 6.66. The van der Waals surface area contributed by atoms with Gasteiger partial charge >= 0.3 is 11.7 Å². The molecule has 21 heavy (non-hydrogen) atoms. The third-order valence-electron chi connectivity index (χ3n) is 3.52. The van der Waals surface area contributed by atoms with Gasteiger partial charge in [-0.1, -0.05) is 0 Å². The number of aromatic amines is 1. The van der Waals surface area contributed by atoms with Crippen molar-refractivity contribution < 1.29 is 13.9 Å². The summed E-state index contributed by atoms with van der Waals surface area (Å²) in [6.45, 7) is 2.60. The number of nitrogens with one attached hydrogen (secondary N) is 2. The zero-order valence-corrected chi connectivity index (χ0v) is 11.7. The predicted molar refractivity (Wildman–Crippen MR) is 72.9 cm³/mol. The number of H-pyrrole nitrogens is 1. The van der Waals surface area contributed by atoms with Crippen molar-refractivity contribution in [3.05, 3.63) is 32.9 Å². The van der Waals surface area contributed by atoms with E-state index in [1.165, 1.54) is 0 Å². The van der Waals surface area contributed by atoms with Crippen LogP contribution in [0, 0.1) is 5.82 Å². The van der Waals surface area contributed by atoms with Gasteiger partial charge in [-0.15, -0.1) is 0 Å². The van der Waals surface area contributed by atoms with Crippen LogP contribution in [0.15, 0.2) is 15.8 Å². The molecule has 1 heterocycles. The Morgan fingerprint density at radius 3 is 2.71 bits per heavy atom. The highest BCUT2D eigenvalue weighted by atomic mass is 19.1. The summed E-state index contributed by atoms with van der Waals surface area (Å²) in [7, 11) is 0. The van der Waals surface area contributed by atoms with E-state index in [0.29, 0.717) is 17.4 Å². The lowest BCUT2D eigenvalue weighted by Crippen LogP contribution is -2.46. The van der Waals surface area contributed by atoms with Crippen molar-refractivity contribution in [2.24, 2.45) is 0 Å². The Morgan fingerprint density at radius 1 is 1.43 bits per heavy atom. The van der Waals surface area contributed by atoms with Crippen molar-refractivity contribution in [3.63, 3.8) is 0 Å². The van der Waals surface area contributed by atoms with Gasteiger partial charge in [-0.2, -0.15) is 4.39 Å². The Bertz CT molecular complexity index is 617. The van der Waals surface area contributed by atoms with Crippen LogP contribution < -0.4 is 16.6 Å². The molecule has 0 saturated heterocycles. The fourth-order valence-electron chi connectivity index (χ4n) is 2.45. The molecular formula is C13H18FN3O4. The van der Waals surface area contributed by atoms with Gasteiger partial charge in [-0.25, -0.2) is 14.2 Å². The molecule has 1 amide bonds. The molecule has 1 fully saturated rings. The number of hydrogen-bond acceptors (Lipinski definition) is 4. The average molecular weight is 299 g/mol. The van der Waals surface area contributed by atoms with Gasteiger partial charge in [0.05, 0.1) is 12.3 Å². The van der Waals surface area contributed by atoms with Crippen LogP contribution in [0.5, 0.6) is 0 Å². The number of carbonyl (C=O) groups excluding carboxylic acids is 1. The number of halogens is 1. The molecule has 7 nitrogen and oxygen atoms in total. The molecule has 0 unspecified atom stereocenters. The molecule has 8 heteroatoms. The van der Waals surface area contributed by atoms with Crippen molar-refractivity contribution in [1.29, 1.82) is 0 Å². The number of nitrogens with zero attached hydrogens (tertiary/aromatic N) is 1. The first-order chi connectivity index (χ1) is 10.0. The van der Waals surface area contributed by atoms with Gasteiger partial charge in [-0.3, -0.25) is 9.78 Å². The summed E-state index contributed by atoms with van der Waals surface area (Å²) in [6, 6.07) is -0.828. The number of aromatic nitrogens is 2. The number of amides is 1. The lowest BCUT2D eigenvalue weighted by Gasteiger charge is -2.28. The molecule has 116 valence electrons. The minimum Gasteiger partial charge on any atom is -0.379 e. The fraction of sp³-hybridized carbons (Fsp3) is 0.615. The minimum atomic E-state index is -1.18. The molecule has 2 N–H and O–H groups in total. The van der Waals surface area contributed by atoms with Crippen LogP contribution in [0.3, 0.4) is 0 Å². The van der Waals surface area contributed by atoms with E-state index in [1.807, 2.05) is 6.92 Å². The summed E-state index contributed by atoms with van der Waals surface area (Å²) in [6.07, 6.45) is 3.92. The molecule has 0 atom stereocenters. The third-order valence-corrected chi connectivity index (χ3v) is 3.52. The Labute approximate surface area is 120 Å². The first-order valence-electron chi connectivity index (χ1n) is 6.95. The van der Waals surface area contributed by atoms with Gasteiger partial charge in [0, 0.05) is 12.6 Å². The van der Waals surface area contributed by atoms with Crippen LogP contribution in [-0.2, 0) is 4.74 Å². The zero-order chi connectivity index (χ0) is 15.4. The van der Waals surface area contributed by atoms with Gasteiger partial charge in [0.2, 0.25) is 5.82 Å². The Hall–Kier alpha value is -1.96. The summed E-state index contributed by atoms with van der Waals surface area (Å²) in [4.78, 5) is 36.1. The summed E-state index contributed by atoms with van der Waals surface area (Å²) in [5, 5.41) is 2.67. The van der Waals surface area contributed by atoms with Gasteiger partial charge in [0.15, 0.2) is 0 Å². The number of carbonyl (C=O) groups is 1. The molecule has 0 radical (unpaired) electrons. The van der Waals surface area contributed by atoms with Crippen LogP contribution in [0.4, 0.5) is 9.18 Å². The SMILES string of the molecule is CCOC1CCC(NC(=O)n2cc(F)c(=O)[nH]c2=O)CC1. The Kier molecular flexibility index (Phi) is 4.89. The smallest absolute Gasteiger partial charge is 0.336 e. The van der Waals surface area contributed by atoms with E-state index < -0.39 is 23.1 Å². The van der Waals surface area contributed by atoms with E-state index in [0.717, 1.165) is 25.7 Å². The van der Waals surface area contributed by atoms with E-state index in [1.54, 1.807) is 4.98 Å². The zero-order valence-electron chi connectivity index (χ0n) is 11.7. The maximum Gasteiger partial charge on any atom is 0.336 e. The number of hydrogen-bond donors (Lipinski definition) is 2. The van der Waals surface area contributed by atoms with Gasteiger partial charge in [0.25, 0.3) is 5.56 Å². The van der Waals surface area contributed by atoms with Crippen LogP contribution in [0.2, 0.25) is 0 Å². The minimum absolute atomic E-state index is 0.0869. The highest BCUT2D eigenvalue weighted by molar-refractivity contribution is 5.76. The maximum atomic E-state index is 13.1. The summed E-state index contributed by atoms with van der Waals surface area (Å²) >= 11 is 0. The van der Waals surface area contributed by atoms with Gasteiger partial charge in [-0.05, 0) is 32.6 Å². The number of ether oxygens (including phenoxy) is 1. The van der Waals surface area contributed by atoms with E-state index in [4.69, 9.17) is 4.74 Å². The molecule has 0 bridgehead atoms. The highest BCUT2D eigenvalue weighted by Gasteiger charge is 2.23. The molecule has 1 aromatic heterocycles. The largest absolute Gasteiger partial charge is 0.379 e. The molecule has 0 aliphatic heterocycles. The van der Waals surface area contributed by atoms with Crippen molar-refractivity contribution in [3.8, 4) is 0 Å². The number of rotatable bonds is 3. The molecule has 2 rings (SSSR count). The fourth-order valence-corrected chi connectivity index (χ4v) is 2.45. The predicted octanol–water partition coefficient (Wildman–Crippen LogP) is 0.581. The molecule has 1 aliphatic carbocycles. The van der Waals surface area contributed by atoms with E-state index >= 15 is 0 Å². The normalized spacial score (nSPS) is 22.0. The van der Waals surface area contributed by atoms with Crippen molar-refractivity contribution >= 4 is 6.03 Å². The second-order valence-electron chi connectivity index (χ2n) is 4.98. The summed E-state index contributed by atoms with van der Waals surface area (Å²) < 4.78 is 19.2. The maximum absolute atomic E-state index is 13.1. The lowest BCUT2D eigenvalue weighted by molar-refractivity contribution is 0.0312. The third kappa shape index (κ3) is 3.78. The van der Waals surface area contributed by atoms with E-state index in [-0.39, 0.29) is 12.1 Å². The van der Waals surface area contributed by atoms with Crippen LogP contribution >= 0.6 is 0 Å². The van der Waals surface area contributed by atoms with Crippen molar-refractivity contribution in [1.82, 2.24) is 14.9 Å². The van der Waals surface area contributed by atoms with E-state index in [9.17, 15) is 18.8 Å². The second-order valence-corrected chi connectivity index (χ2v) is 4.98. The van der Waals surface area contributed by atoms with Gasteiger partial charge < -0.3 is 10.1 Å². The summed E-state index contributed by atoms with van der Waals surface area (Å²) in [5.41, 5.74) is -2.09. The topological polar surface area (TPSA) is 93.2 Å². The molecule has 1 saturated carbocycles. The summed E-state index contributed by atoms with van der Waals surface area (Å²) in [5.74, 6) is -1.18. The van der Waals surface area contributed by atoms with Gasteiger partial charge in [0.1, 0.15) is 0 Å². The van der Waals surface area contributed by atoms with Crippen LogP contribution in [0.1, 0.15) is 32.6 Å². The molecule has 0 spiro atoms. The molecule has 1 aliphatic rings. The molecule has 1 aromatic rings. The standard InChI is InChI=1S/C13H18FN3O4/c1-2-21-9-5-3-8(4-6-9)15-12(19)17-7-10(14)11(18)16-13(17)20/h7-9H,2-6H2,1H3,(H,15,19)(H,16,18,20). The monoisotopic (exact) mass is 299 g/mol. The average Bonchev–Trinajstić information content (AvgIpc) is 2.45. The lowest BCUT2D eigenvalue weighted by atomic mass is 9.93. The van der Waals surface area contributed by atoms with Crippen LogP contribution in [0.25, 0.3) is 0 Å². The first kappa shape index (κ1) is 15.4. The van der Waals surface area contributed by atoms with E-state index in [2.05, 4.69) is 5.32 Å². The Morgan fingerprint density at radius 2 is 2.10 bits per heavy atom. The Balaban J connectivity index is 1.98. The quantitative estimate of drug-likeness (QED) is 0.854. The highest BCUT2D eigenvalue weighted by Crippen LogP contribution is 2.21. The van der Waals surface area contributed by atoms with Crippen LogP contribution in [-0.4, -0.2) is 34.3 Å². The van der Waals surface area contributed by atoms with Crippen molar-refractivity contribution in [2.75, 3.05) is 6.61 Å². The molecular weight excluding hydrogens is 281 g/mol. The first-order valence-corrected chi connectivity index (χ1v) is 6.95.